The van der Waals surface area contributed by atoms with Crippen LogP contribution in [0.5, 0.6) is 0 Å². The first-order valence-corrected chi connectivity index (χ1v) is 6.73. The number of aliphatic hydroxyl groups is 1. The number of halogens is 1. The third-order valence-corrected chi connectivity index (χ3v) is 3.08. The fourth-order valence-electron chi connectivity index (χ4n) is 1.95. The van der Waals surface area contributed by atoms with Crippen molar-refractivity contribution in [2.75, 3.05) is 26.8 Å². The number of carbonyl (C=O) groups is 2. The number of hydrogen-bond acceptors (Lipinski definition) is 4. The number of ether oxygens (including phenoxy) is 1. The van der Waals surface area contributed by atoms with Crippen LogP contribution in [0.4, 0.5) is 4.39 Å². The Labute approximate surface area is 123 Å². The minimum atomic E-state index is -0.609. The maximum absolute atomic E-state index is 13.7. The van der Waals surface area contributed by atoms with Crippen molar-refractivity contribution in [3.63, 3.8) is 0 Å². The van der Waals surface area contributed by atoms with Crippen molar-refractivity contribution in [2.24, 2.45) is 5.92 Å². The van der Waals surface area contributed by atoms with Gasteiger partial charge in [-0.1, -0.05) is 19.1 Å². The lowest BCUT2D eigenvalue weighted by Gasteiger charge is -2.25. The molecule has 0 radical (unpaired) electrons. The molecular formula is C15H20FNO4. The molecule has 21 heavy (non-hydrogen) atoms. The van der Waals surface area contributed by atoms with E-state index in [1.54, 1.807) is 13.0 Å². The Morgan fingerprint density at radius 3 is 2.62 bits per heavy atom. The number of benzene rings is 1. The Balaban J connectivity index is 2.89. The lowest BCUT2D eigenvalue weighted by Crippen LogP contribution is -2.38. The summed E-state index contributed by atoms with van der Waals surface area (Å²) in [6.45, 7) is 1.89. The molecule has 116 valence electrons. The maximum atomic E-state index is 13.7. The average molecular weight is 297 g/mol. The first-order valence-electron chi connectivity index (χ1n) is 6.73. The van der Waals surface area contributed by atoms with Gasteiger partial charge in [-0.05, 0) is 18.6 Å². The highest BCUT2D eigenvalue weighted by atomic mass is 19.1. The predicted molar refractivity (Wildman–Crippen MR) is 75.2 cm³/mol. The first-order chi connectivity index (χ1) is 10.0. The van der Waals surface area contributed by atoms with Crippen LogP contribution in [0.25, 0.3) is 0 Å². The molecule has 1 aromatic rings. The van der Waals surface area contributed by atoms with Crippen molar-refractivity contribution in [3.8, 4) is 0 Å². The Morgan fingerprint density at radius 1 is 1.38 bits per heavy atom. The normalized spacial score (nSPS) is 11.8. The molecule has 1 amide bonds. The van der Waals surface area contributed by atoms with E-state index in [4.69, 9.17) is 5.11 Å². The molecule has 6 heteroatoms. The number of hydrogen-bond donors (Lipinski definition) is 1. The van der Waals surface area contributed by atoms with Crippen molar-refractivity contribution < 1.29 is 23.8 Å². The van der Waals surface area contributed by atoms with Crippen LogP contribution >= 0.6 is 0 Å². The van der Waals surface area contributed by atoms with E-state index in [0.29, 0.717) is 6.42 Å². The Kier molecular flexibility index (Phi) is 6.81. The lowest BCUT2D eigenvalue weighted by molar-refractivity contribution is -0.145. The van der Waals surface area contributed by atoms with Crippen molar-refractivity contribution >= 4 is 11.9 Å². The number of methoxy groups -OCH3 is 1. The van der Waals surface area contributed by atoms with Crippen molar-refractivity contribution in [1.82, 2.24) is 4.90 Å². The molecule has 1 atom stereocenters. The van der Waals surface area contributed by atoms with E-state index < -0.39 is 23.6 Å². The third kappa shape index (κ3) is 4.82. The minimum Gasteiger partial charge on any atom is -0.469 e. The molecule has 0 aliphatic rings. The zero-order chi connectivity index (χ0) is 15.8. The maximum Gasteiger partial charge on any atom is 0.310 e. The second-order valence-corrected chi connectivity index (χ2v) is 4.73. The number of aliphatic hydroxyl groups excluding tert-OH is 1. The molecule has 0 spiro atoms. The van der Waals surface area contributed by atoms with Crippen LogP contribution in [-0.4, -0.2) is 48.7 Å². The van der Waals surface area contributed by atoms with Gasteiger partial charge in [0, 0.05) is 19.7 Å². The van der Waals surface area contributed by atoms with Crippen molar-refractivity contribution in [1.29, 1.82) is 0 Å². The zero-order valence-electron chi connectivity index (χ0n) is 12.2. The van der Waals surface area contributed by atoms with E-state index >= 15 is 0 Å². The zero-order valence-corrected chi connectivity index (χ0v) is 12.2. The summed E-state index contributed by atoms with van der Waals surface area (Å²) in [5.41, 5.74) is -0.0486. The van der Waals surface area contributed by atoms with Gasteiger partial charge in [0.1, 0.15) is 5.82 Å². The highest BCUT2D eigenvalue weighted by molar-refractivity contribution is 5.94. The van der Waals surface area contributed by atoms with E-state index in [9.17, 15) is 14.0 Å². The van der Waals surface area contributed by atoms with Gasteiger partial charge in [0.15, 0.2) is 0 Å². The van der Waals surface area contributed by atoms with Crippen LogP contribution in [0.1, 0.15) is 23.7 Å². The second kappa shape index (κ2) is 8.36. The fraction of sp³-hybridized carbons (Fsp3) is 0.467. The molecule has 0 bridgehead atoms. The highest BCUT2D eigenvalue weighted by Crippen LogP contribution is 2.13. The van der Waals surface area contributed by atoms with Gasteiger partial charge in [0.2, 0.25) is 0 Å². The molecule has 5 nitrogen and oxygen atoms in total. The van der Waals surface area contributed by atoms with Gasteiger partial charge < -0.3 is 14.7 Å². The average Bonchev–Trinajstić information content (AvgIpc) is 2.50. The molecule has 1 rings (SSSR count). The Bertz CT molecular complexity index is 492. The monoisotopic (exact) mass is 297 g/mol. The van der Waals surface area contributed by atoms with Crippen molar-refractivity contribution in [2.45, 2.75) is 13.3 Å². The van der Waals surface area contributed by atoms with Gasteiger partial charge in [-0.3, -0.25) is 9.59 Å². The van der Waals surface area contributed by atoms with E-state index in [1.165, 1.54) is 30.2 Å². The molecule has 0 saturated carbocycles. The van der Waals surface area contributed by atoms with Crippen molar-refractivity contribution in [3.05, 3.63) is 35.6 Å². The van der Waals surface area contributed by atoms with Gasteiger partial charge >= 0.3 is 5.97 Å². The summed E-state index contributed by atoms with van der Waals surface area (Å²) in [4.78, 5) is 25.2. The Hall–Kier alpha value is -1.95. The number of carbonyl (C=O) groups excluding carboxylic acids is 2. The summed E-state index contributed by atoms with van der Waals surface area (Å²) >= 11 is 0. The van der Waals surface area contributed by atoms with E-state index in [0.717, 1.165) is 0 Å². The number of rotatable bonds is 7. The molecule has 0 aliphatic heterocycles. The molecule has 1 N–H and O–H groups in total. The quantitative estimate of drug-likeness (QED) is 0.774. The molecule has 1 aromatic carbocycles. The summed E-state index contributed by atoms with van der Waals surface area (Å²) in [7, 11) is 1.27. The molecular weight excluding hydrogens is 277 g/mol. The van der Waals surface area contributed by atoms with Gasteiger partial charge in [0.25, 0.3) is 5.91 Å². The second-order valence-electron chi connectivity index (χ2n) is 4.73. The topological polar surface area (TPSA) is 66.8 Å². The van der Waals surface area contributed by atoms with Gasteiger partial charge in [-0.15, -0.1) is 0 Å². The highest BCUT2D eigenvalue weighted by Gasteiger charge is 2.23. The van der Waals surface area contributed by atoms with Crippen LogP contribution in [0.3, 0.4) is 0 Å². The van der Waals surface area contributed by atoms with Gasteiger partial charge in [-0.25, -0.2) is 4.39 Å². The van der Waals surface area contributed by atoms with Crippen LogP contribution in [0, 0.1) is 11.7 Å². The minimum absolute atomic E-state index is 0.0486. The van der Waals surface area contributed by atoms with Crippen LogP contribution < -0.4 is 0 Å². The van der Waals surface area contributed by atoms with Crippen LogP contribution in [0.15, 0.2) is 24.3 Å². The number of nitrogens with zero attached hydrogens (tertiary/aromatic N) is 1. The van der Waals surface area contributed by atoms with E-state index in [-0.39, 0.29) is 25.3 Å². The van der Waals surface area contributed by atoms with Gasteiger partial charge in [0.05, 0.1) is 18.6 Å². The Morgan fingerprint density at radius 2 is 2.05 bits per heavy atom. The summed E-state index contributed by atoms with van der Waals surface area (Å²) in [6.07, 6.45) is 0.355. The smallest absolute Gasteiger partial charge is 0.310 e. The lowest BCUT2D eigenvalue weighted by atomic mass is 10.1. The number of amides is 1. The van der Waals surface area contributed by atoms with Crippen LogP contribution in [-0.2, 0) is 9.53 Å². The standard InChI is InChI=1S/C15H20FNO4/c1-11(15(20)21-2)10-17(8-5-9-18)14(19)12-6-3-4-7-13(12)16/h3-4,6-7,11,18H,5,8-10H2,1-2H3. The largest absolute Gasteiger partial charge is 0.469 e. The molecule has 0 aliphatic carbocycles. The summed E-state index contributed by atoms with van der Waals surface area (Å²) in [5, 5.41) is 8.91. The van der Waals surface area contributed by atoms with E-state index in [1.807, 2.05) is 0 Å². The molecule has 0 fully saturated rings. The molecule has 0 aromatic heterocycles. The SMILES string of the molecule is COC(=O)C(C)CN(CCCO)C(=O)c1ccccc1F. The number of esters is 1. The predicted octanol–water partition coefficient (Wildman–Crippen LogP) is 1.46. The summed E-state index contributed by atoms with van der Waals surface area (Å²) in [6, 6.07) is 5.68. The fourth-order valence-corrected chi connectivity index (χ4v) is 1.95. The summed E-state index contributed by atoms with van der Waals surface area (Å²) < 4.78 is 18.3. The van der Waals surface area contributed by atoms with Gasteiger partial charge in [-0.2, -0.15) is 0 Å². The molecule has 1 unspecified atom stereocenters. The summed E-state index contributed by atoms with van der Waals surface area (Å²) in [5.74, 6) is -2.07. The first kappa shape index (κ1) is 17.1. The molecule has 0 heterocycles. The third-order valence-electron chi connectivity index (χ3n) is 3.08. The van der Waals surface area contributed by atoms with E-state index in [2.05, 4.69) is 4.74 Å². The van der Waals surface area contributed by atoms with Crippen LogP contribution in [0.2, 0.25) is 0 Å². The molecule has 0 saturated heterocycles.